The number of rotatable bonds is 10. The molecule has 7 heteroatoms. The molecule has 1 N–H and O–H groups in total. The quantitative estimate of drug-likeness (QED) is 0.257. The van der Waals surface area contributed by atoms with Gasteiger partial charge in [0.2, 0.25) is 0 Å². The van der Waals surface area contributed by atoms with Gasteiger partial charge in [-0.05, 0) is 73.0 Å². The van der Waals surface area contributed by atoms with Crippen LogP contribution in [0, 0.1) is 46.3 Å². The van der Waals surface area contributed by atoms with Crippen LogP contribution < -0.4 is 0 Å². The first-order valence-corrected chi connectivity index (χ1v) is 16.5. The molecule has 0 spiro atoms. The summed E-state index contributed by atoms with van der Waals surface area (Å²) in [6, 6.07) is 0. The van der Waals surface area contributed by atoms with Crippen LogP contribution in [0.5, 0.6) is 0 Å². The lowest BCUT2D eigenvalue weighted by atomic mass is 9.49. The van der Waals surface area contributed by atoms with Crippen LogP contribution in [0.3, 0.4) is 0 Å². The predicted molar refractivity (Wildman–Crippen MR) is 163 cm³/mol. The molecular weight excluding hydrogens is 532 g/mol. The van der Waals surface area contributed by atoms with E-state index in [-0.39, 0.29) is 28.8 Å². The van der Waals surface area contributed by atoms with Gasteiger partial charge in [0.05, 0.1) is 20.3 Å². The Morgan fingerprint density at radius 1 is 1.00 bits per heavy atom. The van der Waals surface area contributed by atoms with E-state index in [1.165, 1.54) is 57.5 Å². The normalized spacial score (nSPS) is 35.9. The minimum atomic E-state index is -0.717. The Hall–Kier alpha value is -2.02. The van der Waals surface area contributed by atoms with Crippen molar-refractivity contribution in [1.29, 1.82) is 0 Å². The molecule has 0 aliphatic heterocycles. The van der Waals surface area contributed by atoms with Crippen LogP contribution in [-0.4, -0.2) is 49.9 Å². The van der Waals surface area contributed by atoms with Gasteiger partial charge in [0.25, 0.3) is 0 Å². The second kappa shape index (κ2) is 13.3. The molecule has 3 saturated carbocycles. The number of carbonyl (C=O) groups excluding carboxylic acids is 2. The summed E-state index contributed by atoms with van der Waals surface area (Å²) in [6.07, 6.45) is 12.1. The summed E-state index contributed by atoms with van der Waals surface area (Å²) in [6.45, 7) is 13.8. The number of aliphatic hydroxyl groups is 1. The number of hydrogen-bond acceptors (Lipinski definition) is 7. The van der Waals surface area contributed by atoms with Gasteiger partial charge in [-0.3, -0.25) is 0 Å². The number of methoxy groups -OCH3 is 2. The van der Waals surface area contributed by atoms with E-state index in [1.54, 1.807) is 0 Å². The molecule has 42 heavy (non-hydrogen) atoms. The summed E-state index contributed by atoms with van der Waals surface area (Å²) < 4.78 is 21.2. The summed E-state index contributed by atoms with van der Waals surface area (Å²) >= 11 is 0. The van der Waals surface area contributed by atoms with Gasteiger partial charge in [-0.25, -0.2) is 9.59 Å². The number of ether oxygens (including phenoxy) is 4. The highest BCUT2D eigenvalue weighted by Crippen LogP contribution is 2.67. The Morgan fingerprint density at radius 3 is 2.33 bits per heavy atom. The highest BCUT2D eigenvalue weighted by molar-refractivity contribution is 5.61. The number of unbranched alkanes of at least 4 members (excludes halogenated alkanes) is 1. The lowest BCUT2D eigenvalue weighted by Gasteiger charge is -2.57. The topological polar surface area (TPSA) is 91.3 Å². The average molecular weight is 589 g/mol. The molecule has 0 unspecified atom stereocenters. The second-order valence-corrected chi connectivity index (χ2v) is 14.5. The molecule has 0 bridgehead atoms. The van der Waals surface area contributed by atoms with E-state index in [4.69, 9.17) is 18.9 Å². The van der Waals surface area contributed by atoms with E-state index in [9.17, 15) is 14.7 Å². The third-order valence-electron chi connectivity index (χ3n) is 12.1. The zero-order valence-corrected chi connectivity index (χ0v) is 27.3. The number of hydrogen-bond donors (Lipinski definition) is 1. The van der Waals surface area contributed by atoms with E-state index in [0.29, 0.717) is 36.5 Å². The predicted octanol–water partition coefficient (Wildman–Crippen LogP) is 8.25. The molecule has 0 aromatic rings. The highest BCUT2D eigenvalue weighted by atomic mass is 16.7. The van der Waals surface area contributed by atoms with E-state index in [2.05, 4.69) is 53.7 Å². The van der Waals surface area contributed by atoms with Gasteiger partial charge in [-0.1, -0.05) is 84.1 Å². The first kappa shape index (κ1) is 32.9. The van der Waals surface area contributed by atoms with Crippen molar-refractivity contribution in [2.24, 2.45) is 46.3 Å². The van der Waals surface area contributed by atoms with Crippen LogP contribution in [0.25, 0.3) is 0 Å². The molecule has 0 aromatic heterocycles. The molecule has 7 nitrogen and oxygen atoms in total. The third kappa shape index (κ3) is 6.14. The number of aliphatic hydroxyl groups excluding tert-OH is 1. The molecule has 3 fully saturated rings. The summed E-state index contributed by atoms with van der Waals surface area (Å²) in [5.74, 6) is 2.75. The lowest BCUT2D eigenvalue weighted by molar-refractivity contribution is -0.0837. The van der Waals surface area contributed by atoms with Crippen molar-refractivity contribution in [1.82, 2.24) is 0 Å². The van der Waals surface area contributed by atoms with Crippen molar-refractivity contribution in [3.63, 3.8) is 0 Å². The summed E-state index contributed by atoms with van der Waals surface area (Å²) in [5, 5.41) is 10.9. The third-order valence-corrected chi connectivity index (χ3v) is 12.1. The van der Waals surface area contributed by atoms with Crippen LogP contribution >= 0.6 is 0 Å². The maximum atomic E-state index is 12.4. The van der Waals surface area contributed by atoms with Crippen LogP contribution in [0.4, 0.5) is 9.59 Å². The van der Waals surface area contributed by atoms with Crippen molar-refractivity contribution < 1.29 is 33.6 Å². The van der Waals surface area contributed by atoms with Crippen molar-refractivity contribution in [2.45, 2.75) is 124 Å². The molecule has 0 heterocycles. The average Bonchev–Trinajstić information content (AvgIpc) is 3.32. The van der Waals surface area contributed by atoms with Crippen LogP contribution in [0.15, 0.2) is 23.3 Å². The van der Waals surface area contributed by atoms with E-state index < -0.39 is 24.5 Å². The summed E-state index contributed by atoms with van der Waals surface area (Å²) in [4.78, 5) is 24.4. The van der Waals surface area contributed by atoms with E-state index in [0.717, 1.165) is 19.3 Å². The molecule has 0 radical (unpaired) electrons. The van der Waals surface area contributed by atoms with Crippen molar-refractivity contribution in [2.75, 3.05) is 14.2 Å². The zero-order valence-electron chi connectivity index (χ0n) is 27.3. The molecule has 0 aromatic carbocycles. The number of fused-ring (bicyclic) bond motifs is 5. The molecule has 238 valence electrons. The summed E-state index contributed by atoms with van der Waals surface area (Å²) in [5.41, 5.74) is 2.49. The van der Waals surface area contributed by atoms with Gasteiger partial charge in [0.1, 0.15) is 12.2 Å². The van der Waals surface area contributed by atoms with E-state index >= 15 is 0 Å². The van der Waals surface area contributed by atoms with Crippen LogP contribution in [0.1, 0.15) is 106 Å². The van der Waals surface area contributed by atoms with Gasteiger partial charge >= 0.3 is 12.3 Å². The smallest absolute Gasteiger partial charge is 0.438 e. The molecule has 4 rings (SSSR count). The molecule has 10 atom stereocenters. The van der Waals surface area contributed by atoms with Crippen molar-refractivity contribution >= 4 is 12.3 Å². The SMILES string of the molecule is CCCC[C@@H](C[C@@H](O)C(C)C)[C@@H](C)[C@H]1CC[C@H]2C3=CC=C4C[C@@H](OC(=O)OC)C[C@H](OC(=O)OC)[C@]4(C)[C@H]3CC[C@]12C. The first-order valence-electron chi connectivity index (χ1n) is 16.5. The first-order chi connectivity index (χ1) is 19.9. The molecular formula is C35H56O7. The lowest BCUT2D eigenvalue weighted by Crippen LogP contribution is -2.54. The fraction of sp³-hybridized carbons (Fsp3) is 0.829. The van der Waals surface area contributed by atoms with Gasteiger partial charge in [-0.2, -0.15) is 0 Å². The van der Waals surface area contributed by atoms with Gasteiger partial charge in [0.15, 0.2) is 0 Å². The van der Waals surface area contributed by atoms with Crippen molar-refractivity contribution in [3.05, 3.63) is 23.3 Å². The zero-order chi connectivity index (χ0) is 30.8. The Bertz CT molecular complexity index is 1030. The monoisotopic (exact) mass is 588 g/mol. The maximum absolute atomic E-state index is 12.4. The molecule has 4 aliphatic rings. The Kier molecular flexibility index (Phi) is 10.4. The minimum Gasteiger partial charge on any atom is -0.438 e. The van der Waals surface area contributed by atoms with Gasteiger partial charge in [-0.15, -0.1) is 0 Å². The molecule has 4 aliphatic carbocycles. The Balaban J connectivity index is 1.62. The standard InChI is InChI=1S/C35H56O7/c1-9-10-11-23(18-30(36)21(2)3)22(4)27-14-15-28-26-13-12-24-19-25(41-32(37)39-7)20-31(42-33(38)40-8)35(24,6)29(26)16-17-34(27,28)5/h12-13,21-23,25,27-31,36H,9-11,14-20H2,1-8H3/t22-,23+,25-,27-,28+,29+,30-,31+,34-,35+/m1/s1. The summed E-state index contributed by atoms with van der Waals surface area (Å²) in [7, 11) is 2.64. The second-order valence-electron chi connectivity index (χ2n) is 14.5. The van der Waals surface area contributed by atoms with Crippen molar-refractivity contribution in [3.8, 4) is 0 Å². The Morgan fingerprint density at radius 2 is 1.69 bits per heavy atom. The fourth-order valence-corrected chi connectivity index (χ4v) is 9.49. The number of allylic oxidation sites excluding steroid dienone is 3. The van der Waals surface area contributed by atoms with Crippen LogP contribution in [-0.2, 0) is 18.9 Å². The minimum absolute atomic E-state index is 0.209. The Labute approximate surface area is 253 Å². The molecule has 0 saturated heterocycles. The van der Waals surface area contributed by atoms with Gasteiger partial charge < -0.3 is 24.1 Å². The largest absolute Gasteiger partial charge is 0.508 e. The molecule has 0 amide bonds. The van der Waals surface area contributed by atoms with Crippen LogP contribution in [0.2, 0.25) is 0 Å². The number of carbonyl (C=O) groups is 2. The van der Waals surface area contributed by atoms with Gasteiger partial charge in [0, 0.05) is 18.3 Å². The fourth-order valence-electron chi connectivity index (χ4n) is 9.49. The highest BCUT2D eigenvalue weighted by Gasteiger charge is 2.60. The maximum Gasteiger partial charge on any atom is 0.508 e. The van der Waals surface area contributed by atoms with E-state index in [1.807, 2.05) is 0 Å².